The van der Waals surface area contributed by atoms with Gasteiger partial charge in [-0.2, -0.15) is 0 Å². The van der Waals surface area contributed by atoms with E-state index in [4.69, 9.17) is 0 Å². The fraction of sp³-hybridized carbons (Fsp3) is 1.00. The summed E-state index contributed by atoms with van der Waals surface area (Å²) in [4.78, 5) is 0. The maximum absolute atomic E-state index is 2.29. The quantitative estimate of drug-likeness (QED) is 0.299. The van der Waals surface area contributed by atoms with Crippen molar-refractivity contribution in [3.8, 4) is 0 Å². The molecule has 1 unspecified atom stereocenters. The van der Waals surface area contributed by atoms with E-state index in [1.54, 1.807) is 0 Å². The van der Waals surface area contributed by atoms with Crippen molar-refractivity contribution in [2.75, 3.05) is 12.3 Å². The Balaban J connectivity index is 0. The zero-order valence-corrected chi connectivity index (χ0v) is 13.2. The molecule has 0 aromatic rings. The Bertz CT molecular complexity index is 94.9. The van der Waals surface area contributed by atoms with Crippen molar-refractivity contribution in [1.29, 1.82) is 0 Å². The van der Waals surface area contributed by atoms with Crippen molar-refractivity contribution in [2.45, 2.75) is 78.1 Å². The van der Waals surface area contributed by atoms with Crippen LogP contribution in [0.2, 0.25) is 0 Å². The van der Waals surface area contributed by atoms with E-state index in [1.807, 2.05) is 0 Å². The minimum Gasteiger partial charge on any atom is -0.147 e. The van der Waals surface area contributed by atoms with Gasteiger partial charge in [0.1, 0.15) is 0 Å². The highest BCUT2D eigenvalue weighted by Crippen LogP contribution is 2.16. The molecule has 2 heteroatoms. The Labute approximate surface area is 112 Å². The molecule has 0 radical (unpaired) electrons. The molecular formula is C14H32ClP. The first-order valence-corrected chi connectivity index (χ1v) is 8.54. The maximum Gasteiger partial charge on any atom is -0.0353 e. The van der Waals surface area contributed by atoms with Gasteiger partial charge in [0.15, 0.2) is 0 Å². The van der Waals surface area contributed by atoms with Crippen molar-refractivity contribution in [2.24, 2.45) is 0 Å². The molecule has 0 rings (SSSR count). The Kier molecular flexibility index (Phi) is 21.6. The average Bonchev–Trinajstić information content (AvgIpc) is 2.26. The van der Waals surface area contributed by atoms with E-state index in [9.17, 15) is 0 Å². The minimum atomic E-state index is 0. The summed E-state index contributed by atoms with van der Waals surface area (Å²) in [5.41, 5.74) is 0. The van der Waals surface area contributed by atoms with E-state index in [0.717, 1.165) is 0 Å². The van der Waals surface area contributed by atoms with Gasteiger partial charge in [0.05, 0.1) is 0 Å². The van der Waals surface area contributed by atoms with Gasteiger partial charge in [-0.25, -0.2) is 0 Å². The summed E-state index contributed by atoms with van der Waals surface area (Å²) < 4.78 is 0. The maximum atomic E-state index is 2.29. The lowest BCUT2D eigenvalue weighted by atomic mass is 10.1. The van der Waals surface area contributed by atoms with Gasteiger partial charge in [0.2, 0.25) is 0 Å². The largest absolute Gasteiger partial charge is 0.147 e. The Hall–Kier alpha value is 0.720. The molecule has 100 valence electrons. The number of hydrogen-bond acceptors (Lipinski definition) is 0. The van der Waals surface area contributed by atoms with Crippen molar-refractivity contribution in [1.82, 2.24) is 0 Å². The summed E-state index contributed by atoms with van der Waals surface area (Å²) in [6, 6.07) is 0. The molecule has 0 saturated carbocycles. The number of halogens is 1. The summed E-state index contributed by atoms with van der Waals surface area (Å²) in [5, 5.41) is 0. The van der Waals surface area contributed by atoms with E-state index in [-0.39, 0.29) is 12.4 Å². The highest BCUT2D eigenvalue weighted by Gasteiger charge is 1.92. The first-order chi connectivity index (χ1) is 7.41. The monoisotopic (exact) mass is 266 g/mol. The zero-order chi connectivity index (χ0) is 11.2. The third-order valence-corrected chi connectivity index (χ3v) is 4.33. The van der Waals surface area contributed by atoms with Gasteiger partial charge in [-0.1, -0.05) is 65.2 Å². The molecule has 1 atom stereocenters. The van der Waals surface area contributed by atoms with Gasteiger partial charge in [-0.3, -0.25) is 0 Å². The van der Waals surface area contributed by atoms with E-state index < -0.39 is 0 Å². The summed E-state index contributed by atoms with van der Waals surface area (Å²) >= 11 is 0. The second-order valence-corrected chi connectivity index (χ2v) is 6.08. The second kappa shape index (κ2) is 18.1. The molecule has 0 aromatic heterocycles. The smallest absolute Gasteiger partial charge is 0.0353 e. The molecular weight excluding hydrogens is 235 g/mol. The van der Waals surface area contributed by atoms with E-state index in [2.05, 4.69) is 13.8 Å². The first-order valence-electron chi connectivity index (χ1n) is 7.12. The van der Waals surface area contributed by atoms with Crippen LogP contribution < -0.4 is 0 Å². The number of unbranched alkanes of at least 4 members (excludes halogenated alkanes) is 8. The van der Waals surface area contributed by atoms with Crippen LogP contribution in [0.4, 0.5) is 0 Å². The van der Waals surface area contributed by atoms with Gasteiger partial charge in [0, 0.05) is 0 Å². The van der Waals surface area contributed by atoms with Gasteiger partial charge in [-0.05, 0) is 25.2 Å². The number of hydrogen-bond donors (Lipinski definition) is 0. The Morgan fingerprint density at radius 3 is 1.56 bits per heavy atom. The summed E-state index contributed by atoms with van der Waals surface area (Å²) in [5.74, 6) is 0. The van der Waals surface area contributed by atoms with Crippen LogP contribution in [-0.2, 0) is 0 Å². The fourth-order valence-electron chi connectivity index (χ4n) is 1.81. The molecule has 0 aliphatic heterocycles. The molecule has 16 heavy (non-hydrogen) atoms. The normalized spacial score (nSPS) is 10.9. The molecule has 0 N–H and O–H groups in total. The van der Waals surface area contributed by atoms with Crippen LogP contribution in [0, 0.1) is 0 Å². The molecule has 0 aliphatic carbocycles. The predicted octanol–water partition coefficient (Wildman–Crippen LogP) is 6.03. The van der Waals surface area contributed by atoms with Crippen LogP contribution in [0.5, 0.6) is 0 Å². The molecule has 0 nitrogen and oxygen atoms in total. The molecule has 0 aliphatic rings. The van der Waals surface area contributed by atoms with Crippen LogP contribution >= 0.6 is 21.0 Å². The van der Waals surface area contributed by atoms with Crippen molar-refractivity contribution in [3.05, 3.63) is 0 Å². The molecule has 0 fully saturated rings. The molecule has 0 saturated heterocycles. The lowest BCUT2D eigenvalue weighted by Gasteiger charge is -2.02. The van der Waals surface area contributed by atoms with Crippen LogP contribution in [0.15, 0.2) is 0 Å². The predicted molar refractivity (Wildman–Crippen MR) is 82.8 cm³/mol. The fourth-order valence-corrected chi connectivity index (χ4v) is 3.16. The first kappa shape index (κ1) is 19.1. The van der Waals surface area contributed by atoms with E-state index in [0.29, 0.717) is 0 Å². The van der Waals surface area contributed by atoms with E-state index in [1.165, 1.54) is 85.1 Å². The van der Waals surface area contributed by atoms with Gasteiger partial charge in [-0.15, -0.1) is 21.0 Å². The van der Waals surface area contributed by atoms with Crippen molar-refractivity contribution < 1.29 is 0 Å². The van der Waals surface area contributed by atoms with Crippen LogP contribution in [-0.4, -0.2) is 12.3 Å². The van der Waals surface area contributed by atoms with Crippen LogP contribution in [0.1, 0.15) is 78.1 Å². The van der Waals surface area contributed by atoms with Crippen LogP contribution in [0.3, 0.4) is 0 Å². The SMILES string of the molecule is CCCCCCCCCCPCCCC.Cl. The Morgan fingerprint density at radius 1 is 0.562 bits per heavy atom. The highest BCUT2D eigenvalue weighted by molar-refractivity contribution is 7.37. The molecule has 0 heterocycles. The average molecular weight is 267 g/mol. The molecule has 0 aromatic carbocycles. The summed E-state index contributed by atoms with van der Waals surface area (Å²) in [6.45, 7) is 4.58. The van der Waals surface area contributed by atoms with E-state index >= 15 is 0 Å². The van der Waals surface area contributed by atoms with Crippen molar-refractivity contribution in [3.63, 3.8) is 0 Å². The molecule has 0 amide bonds. The summed E-state index contributed by atoms with van der Waals surface area (Å²) in [6.07, 6.45) is 17.6. The standard InChI is InChI=1S/C14H31P.ClH/c1-3-5-7-8-9-10-11-12-14-15-13-6-4-2;/h15H,3-14H2,1-2H3;1H. The van der Waals surface area contributed by atoms with Gasteiger partial charge >= 0.3 is 0 Å². The van der Waals surface area contributed by atoms with Crippen LogP contribution in [0.25, 0.3) is 0 Å². The third kappa shape index (κ3) is 17.1. The third-order valence-electron chi connectivity index (χ3n) is 2.91. The Morgan fingerprint density at radius 2 is 1.00 bits per heavy atom. The van der Waals surface area contributed by atoms with Gasteiger partial charge < -0.3 is 0 Å². The zero-order valence-electron chi connectivity index (χ0n) is 11.4. The summed E-state index contributed by atoms with van der Waals surface area (Å²) in [7, 11) is 1.25. The number of rotatable bonds is 12. The lowest BCUT2D eigenvalue weighted by Crippen LogP contribution is -1.83. The second-order valence-electron chi connectivity index (χ2n) is 4.58. The lowest BCUT2D eigenvalue weighted by molar-refractivity contribution is 0.586. The minimum absolute atomic E-state index is 0. The molecule has 0 spiro atoms. The highest BCUT2D eigenvalue weighted by atomic mass is 35.5. The topological polar surface area (TPSA) is 0 Å². The van der Waals surface area contributed by atoms with Gasteiger partial charge in [0.25, 0.3) is 0 Å². The molecule has 0 bridgehead atoms. The van der Waals surface area contributed by atoms with Crippen molar-refractivity contribution >= 4 is 21.0 Å².